The fraction of sp³-hybridized carbons (Fsp3) is 0.600. The number of nitrogens with zero attached hydrogens (tertiary/aromatic N) is 4. The molecule has 0 N–H and O–H groups in total. The molecule has 1 aliphatic rings. The molecule has 0 saturated carbocycles. The first-order valence-electron chi connectivity index (χ1n) is 7.82. The predicted molar refractivity (Wildman–Crippen MR) is 86.5 cm³/mol. The van der Waals surface area contributed by atoms with E-state index in [9.17, 15) is 9.59 Å². The summed E-state index contributed by atoms with van der Waals surface area (Å²) in [5.41, 5.74) is 0.566. The zero-order valence-electron chi connectivity index (χ0n) is 13.3. The van der Waals surface area contributed by atoms with Gasteiger partial charge in [0, 0.05) is 11.8 Å². The first kappa shape index (κ1) is 16.1. The lowest BCUT2D eigenvalue weighted by atomic mass is 9.97. The number of likely N-dealkylation sites (tertiary alicyclic amines) is 1. The third kappa shape index (κ3) is 3.59. The maximum atomic E-state index is 11.9. The molecule has 1 saturated heterocycles. The summed E-state index contributed by atoms with van der Waals surface area (Å²) in [5.74, 6) is -0.0770. The van der Waals surface area contributed by atoms with Gasteiger partial charge in [0.2, 0.25) is 4.96 Å². The number of aryl methyl sites for hydroxylation is 1. The van der Waals surface area contributed by atoms with Crippen molar-refractivity contribution in [2.75, 3.05) is 19.7 Å². The second-order valence-corrected chi connectivity index (χ2v) is 6.77. The van der Waals surface area contributed by atoms with Gasteiger partial charge in [0.15, 0.2) is 0 Å². The lowest BCUT2D eigenvalue weighted by Crippen LogP contribution is -2.36. The number of fused-ring (bicyclic) bond motifs is 1. The molecule has 1 aliphatic heterocycles. The molecule has 0 radical (unpaired) electrons. The lowest BCUT2D eigenvalue weighted by molar-refractivity contribution is -0.149. The largest absolute Gasteiger partial charge is 0.466 e. The average molecular weight is 336 g/mol. The summed E-state index contributed by atoms with van der Waals surface area (Å²) in [4.78, 5) is 30.9. The minimum atomic E-state index is -0.143. The topological polar surface area (TPSA) is 76.8 Å². The molecule has 0 unspecified atom stereocenters. The van der Waals surface area contributed by atoms with Gasteiger partial charge < -0.3 is 4.74 Å². The van der Waals surface area contributed by atoms with Crippen LogP contribution in [-0.4, -0.2) is 45.2 Å². The minimum absolute atomic E-state index is 0.00787. The van der Waals surface area contributed by atoms with E-state index < -0.39 is 0 Å². The van der Waals surface area contributed by atoms with Gasteiger partial charge in [0.1, 0.15) is 5.01 Å². The number of ether oxygens (including phenoxy) is 1. The monoisotopic (exact) mass is 336 g/mol. The van der Waals surface area contributed by atoms with E-state index >= 15 is 0 Å². The van der Waals surface area contributed by atoms with E-state index in [1.807, 2.05) is 6.92 Å². The smallest absolute Gasteiger partial charge is 0.309 e. The molecule has 7 nitrogen and oxygen atoms in total. The van der Waals surface area contributed by atoms with E-state index in [-0.39, 0.29) is 17.4 Å². The van der Waals surface area contributed by atoms with Crippen molar-refractivity contribution in [3.05, 3.63) is 27.1 Å². The summed E-state index contributed by atoms with van der Waals surface area (Å²) in [6.45, 7) is 6.42. The van der Waals surface area contributed by atoms with Gasteiger partial charge in [0.05, 0.1) is 19.1 Å². The van der Waals surface area contributed by atoms with Crippen LogP contribution in [0.5, 0.6) is 0 Å². The van der Waals surface area contributed by atoms with Crippen molar-refractivity contribution in [2.24, 2.45) is 5.92 Å². The van der Waals surface area contributed by atoms with Crippen molar-refractivity contribution in [3.8, 4) is 0 Å². The van der Waals surface area contributed by atoms with E-state index in [1.54, 1.807) is 6.92 Å². The normalized spacial score (nSPS) is 16.8. The third-order valence-corrected chi connectivity index (χ3v) is 4.87. The summed E-state index contributed by atoms with van der Waals surface area (Å²) >= 11 is 1.44. The first-order valence-corrected chi connectivity index (χ1v) is 8.64. The highest BCUT2D eigenvalue weighted by Gasteiger charge is 2.26. The van der Waals surface area contributed by atoms with Crippen LogP contribution in [-0.2, 0) is 16.1 Å². The van der Waals surface area contributed by atoms with Crippen molar-refractivity contribution in [3.63, 3.8) is 0 Å². The summed E-state index contributed by atoms with van der Waals surface area (Å²) in [7, 11) is 0. The molecule has 0 atom stereocenters. The van der Waals surface area contributed by atoms with Crippen molar-refractivity contribution in [2.45, 2.75) is 33.2 Å². The van der Waals surface area contributed by atoms with Gasteiger partial charge in [-0.2, -0.15) is 9.61 Å². The molecule has 0 aliphatic carbocycles. The van der Waals surface area contributed by atoms with Crippen LogP contribution < -0.4 is 5.56 Å². The number of rotatable bonds is 4. The van der Waals surface area contributed by atoms with Crippen LogP contribution in [0.15, 0.2) is 10.9 Å². The molecular weight excluding hydrogens is 316 g/mol. The molecule has 0 amide bonds. The van der Waals surface area contributed by atoms with Crippen LogP contribution in [0.1, 0.15) is 30.5 Å². The molecule has 2 aromatic rings. The van der Waals surface area contributed by atoms with Crippen molar-refractivity contribution < 1.29 is 9.53 Å². The Kier molecular flexibility index (Phi) is 4.72. The Morgan fingerprint density at radius 1 is 1.43 bits per heavy atom. The molecule has 0 bridgehead atoms. The zero-order chi connectivity index (χ0) is 16.4. The van der Waals surface area contributed by atoms with E-state index in [2.05, 4.69) is 15.0 Å². The molecule has 8 heteroatoms. The Balaban J connectivity index is 1.64. The number of aromatic nitrogens is 3. The molecular formula is C15H20N4O3S. The Morgan fingerprint density at radius 3 is 2.87 bits per heavy atom. The highest BCUT2D eigenvalue weighted by molar-refractivity contribution is 7.16. The highest BCUT2D eigenvalue weighted by atomic mass is 32.1. The molecule has 3 rings (SSSR count). The van der Waals surface area contributed by atoms with Crippen LogP contribution in [0.2, 0.25) is 0 Å². The molecule has 23 heavy (non-hydrogen) atoms. The molecule has 3 heterocycles. The number of piperidine rings is 1. The van der Waals surface area contributed by atoms with Crippen LogP contribution >= 0.6 is 11.3 Å². The Labute approximate surface area is 137 Å². The Morgan fingerprint density at radius 2 is 2.17 bits per heavy atom. The fourth-order valence-electron chi connectivity index (χ4n) is 2.80. The summed E-state index contributed by atoms with van der Waals surface area (Å²) in [6.07, 6.45) is 1.61. The number of hydrogen-bond donors (Lipinski definition) is 0. The zero-order valence-corrected chi connectivity index (χ0v) is 14.1. The fourth-order valence-corrected chi connectivity index (χ4v) is 3.79. The number of esters is 1. The molecule has 124 valence electrons. The summed E-state index contributed by atoms with van der Waals surface area (Å²) in [6, 6.07) is 1.49. The lowest BCUT2D eigenvalue weighted by Gasteiger charge is -2.29. The predicted octanol–water partition coefficient (Wildman–Crippen LogP) is 1.23. The highest BCUT2D eigenvalue weighted by Crippen LogP contribution is 2.21. The van der Waals surface area contributed by atoms with Crippen molar-refractivity contribution >= 4 is 22.3 Å². The van der Waals surface area contributed by atoms with E-state index in [0.717, 1.165) is 30.9 Å². The van der Waals surface area contributed by atoms with Gasteiger partial charge in [-0.3, -0.25) is 14.5 Å². The quantitative estimate of drug-likeness (QED) is 0.782. The van der Waals surface area contributed by atoms with Gasteiger partial charge in [-0.25, -0.2) is 4.98 Å². The van der Waals surface area contributed by atoms with Crippen molar-refractivity contribution in [1.82, 2.24) is 19.5 Å². The van der Waals surface area contributed by atoms with E-state index in [4.69, 9.17) is 4.74 Å². The van der Waals surface area contributed by atoms with Gasteiger partial charge >= 0.3 is 5.97 Å². The van der Waals surface area contributed by atoms with Crippen LogP contribution in [0, 0.1) is 12.8 Å². The van der Waals surface area contributed by atoms with Crippen LogP contribution in [0.4, 0.5) is 0 Å². The second kappa shape index (κ2) is 6.76. The molecule has 0 aromatic carbocycles. The second-order valence-electron chi connectivity index (χ2n) is 5.73. The first-order chi connectivity index (χ1) is 11.1. The van der Waals surface area contributed by atoms with E-state index in [1.165, 1.54) is 21.9 Å². The summed E-state index contributed by atoms with van der Waals surface area (Å²) < 4.78 is 6.44. The Bertz CT molecular complexity index is 762. The molecule has 0 spiro atoms. The number of carbonyl (C=O) groups is 1. The summed E-state index contributed by atoms with van der Waals surface area (Å²) in [5, 5.41) is 5.23. The maximum Gasteiger partial charge on any atom is 0.309 e. The number of hydrogen-bond acceptors (Lipinski definition) is 7. The van der Waals surface area contributed by atoms with Crippen LogP contribution in [0.25, 0.3) is 4.96 Å². The van der Waals surface area contributed by atoms with Gasteiger partial charge in [-0.1, -0.05) is 11.3 Å². The standard InChI is InChI=1S/C15H20N4O3S/c1-3-22-14(21)11-4-6-18(7-5-11)9-12-17-19-13(20)8-10(2)16-15(19)23-12/h8,11H,3-7,9H2,1-2H3. The molecule has 1 fully saturated rings. The SMILES string of the molecule is CCOC(=O)C1CCN(Cc2nn3c(=O)cc(C)nc3s2)CC1. The van der Waals surface area contributed by atoms with Crippen molar-refractivity contribution in [1.29, 1.82) is 0 Å². The van der Waals surface area contributed by atoms with E-state index in [0.29, 0.717) is 23.8 Å². The third-order valence-electron chi connectivity index (χ3n) is 3.98. The van der Waals surface area contributed by atoms with Crippen LogP contribution in [0.3, 0.4) is 0 Å². The maximum absolute atomic E-state index is 11.9. The molecule has 2 aromatic heterocycles. The van der Waals surface area contributed by atoms with Gasteiger partial charge in [0.25, 0.3) is 5.56 Å². The number of carbonyl (C=O) groups excluding carboxylic acids is 1. The van der Waals surface area contributed by atoms with Gasteiger partial charge in [-0.15, -0.1) is 0 Å². The average Bonchev–Trinajstić information content (AvgIpc) is 2.91. The Hall–Kier alpha value is -1.80. The van der Waals surface area contributed by atoms with Gasteiger partial charge in [-0.05, 0) is 39.8 Å². The minimum Gasteiger partial charge on any atom is -0.466 e.